The minimum Gasteiger partial charge on any atom is -0.399 e. The van der Waals surface area contributed by atoms with Crippen LogP contribution >= 0.6 is 0 Å². The number of rotatable bonds is 2. The lowest BCUT2D eigenvalue weighted by Crippen LogP contribution is -2.12. The highest BCUT2D eigenvalue weighted by Crippen LogP contribution is 2.29. The molecule has 2 N–H and O–H groups in total. The van der Waals surface area contributed by atoms with Crippen LogP contribution in [0, 0.1) is 17.1 Å². The fraction of sp³-hybridized carbons (Fsp3) is 0.0714. The van der Waals surface area contributed by atoms with E-state index in [2.05, 4.69) is 6.07 Å². The summed E-state index contributed by atoms with van der Waals surface area (Å²) in [5, 5.41) is 9.08. The van der Waals surface area contributed by atoms with Gasteiger partial charge in [-0.2, -0.15) is 5.26 Å². The number of hydrogen-bond acceptors (Lipinski definition) is 3. The molecule has 0 amide bonds. The second-order valence-electron chi connectivity index (χ2n) is 3.90. The van der Waals surface area contributed by atoms with E-state index in [-0.39, 0.29) is 5.82 Å². The van der Waals surface area contributed by atoms with Crippen molar-refractivity contribution in [3.63, 3.8) is 0 Å². The van der Waals surface area contributed by atoms with Gasteiger partial charge in [-0.05, 0) is 30.3 Å². The third kappa shape index (κ3) is 2.11. The fourth-order valence-corrected chi connectivity index (χ4v) is 1.79. The van der Waals surface area contributed by atoms with E-state index in [1.807, 2.05) is 0 Å². The van der Waals surface area contributed by atoms with Gasteiger partial charge in [0, 0.05) is 12.7 Å². The van der Waals surface area contributed by atoms with Crippen LogP contribution in [-0.4, -0.2) is 7.05 Å². The van der Waals surface area contributed by atoms with E-state index in [1.165, 1.54) is 6.07 Å². The van der Waals surface area contributed by atoms with Gasteiger partial charge in [0.2, 0.25) is 0 Å². The van der Waals surface area contributed by atoms with Gasteiger partial charge in [0.1, 0.15) is 11.9 Å². The molecular formula is C14H12FN3. The van der Waals surface area contributed by atoms with Crippen molar-refractivity contribution in [2.24, 2.45) is 0 Å². The van der Waals surface area contributed by atoms with E-state index < -0.39 is 0 Å². The molecule has 2 aromatic rings. The predicted octanol–water partition coefficient (Wildman–Crippen LogP) is 3.05. The Hall–Kier alpha value is -2.54. The lowest BCUT2D eigenvalue weighted by molar-refractivity contribution is 0.627. The zero-order valence-electron chi connectivity index (χ0n) is 9.89. The Morgan fingerprint density at radius 1 is 1.17 bits per heavy atom. The van der Waals surface area contributed by atoms with Crippen molar-refractivity contribution < 1.29 is 4.39 Å². The monoisotopic (exact) mass is 241 g/mol. The summed E-state index contributed by atoms with van der Waals surface area (Å²) >= 11 is 0. The largest absolute Gasteiger partial charge is 0.399 e. The smallest absolute Gasteiger partial charge is 0.146 e. The lowest BCUT2D eigenvalue weighted by atomic mass is 10.1. The van der Waals surface area contributed by atoms with Gasteiger partial charge in [0.25, 0.3) is 0 Å². The molecule has 0 aromatic heterocycles. The third-order valence-corrected chi connectivity index (χ3v) is 2.72. The highest BCUT2D eigenvalue weighted by molar-refractivity contribution is 5.71. The van der Waals surface area contributed by atoms with Crippen molar-refractivity contribution in [3.8, 4) is 6.07 Å². The van der Waals surface area contributed by atoms with Crippen LogP contribution in [0.3, 0.4) is 0 Å². The summed E-state index contributed by atoms with van der Waals surface area (Å²) in [4.78, 5) is 1.63. The summed E-state index contributed by atoms with van der Waals surface area (Å²) in [6, 6.07) is 13.5. The molecular weight excluding hydrogens is 229 g/mol. The third-order valence-electron chi connectivity index (χ3n) is 2.72. The van der Waals surface area contributed by atoms with Gasteiger partial charge < -0.3 is 10.6 Å². The van der Waals surface area contributed by atoms with E-state index in [9.17, 15) is 4.39 Å². The first-order chi connectivity index (χ1) is 8.63. The van der Waals surface area contributed by atoms with E-state index in [0.717, 1.165) is 0 Å². The zero-order chi connectivity index (χ0) is 13.1. The molecule has 18 heavy (non-hydrogen) atoms. The second-order valence-corrected chi connectivity index (χ2v) is 3.90. The molecule has 0 saturated heterocycles. The number of para-hydroxylation sites is 1. The predicted molar refractivity (Wildman–Crippen MR) is 70.0 cm³/mol. The van der Waals surface area contributed by atoms with Crippen molar-refractivity contribution in [3.05, 3.63) is 53.8 Å². The van der Waals surface area contributed by atoms with Crippen LogP contribution in [0.1, 0.15) is 5.56 Å². The Morgan fingerprint density at radius 2 is 1.89 bits per heavy atom. The lowest BCUT2D eigenvalue weighted by Gasteiger charge is -2.21. The molecule has 0 atom stereocenters. The molecule has 0 spiro atoms. The minimum atomic E-state index is -0.333. The fourth-order valence-electron chi connectivity index (χ4n) is 1.79. The van der Waals surface area contributed by atoms with E-state index in [4.69, 9.17) is 11.0 Å². The van der Waals surface area contributed by atoms with Gasteiger partial charge in [0.05, 0.1) is 16.9 Å². The highest BCUT2D eigenvalue weighted by Gasteiger charge is 2.12. The Balaban J connectivity index is 2.50. The second kappa shape index (κ2) is 4.76. The van der Waals surface area contributed by atoms with Gasteiger partial charge >= 0.3 is 0 Å². The first-order valence-corrected chi connectivity index (χ1v) is 5.41. The van der Waals surface area contributed by atoms with Crippen LogP contribution in [0.5, 0.6) is 0 Å². The number of nitriles is 1. The SMILES string of the molecule is CN(c1ccccc1F)c1ccc(N)cc1C#N. The first kappa shape index (κ1) is 11.9. The van der Waals surface area contributed by atoms with Crippen LogP contribution in [0.25, 0.3) is 0 Å². The summed E-state index contributed by atoms with van der Waals surface area (Å²) in [6.45, 7) is 0. The van der Waals surface area contributed by atoms with Crippen molar-refractivity contribution in [2.75, 3.05) is 17.7 Å². The molecule has 0 unspecified atom stereocenters. The zero-order valence-corrected chi connectivity index (χ0v) is 9.89. The Morgan fingerprint density at radius 3 is 2.56 bits per heavy atom. The Labute approximate surface area is 105 Å². The number of nitrogens with two attached hydrogens (primary N) is 1. The molecule has 2 rings (SSSR count). The van der Waals surface area contributed by atoms with Gasteiger partial charge in [-0.15, -0.1) is 0 Å². The maximum absolute atomic E-state index is 13.7. The molecule has 0 bridgehead atoms. The average Bonchev–Trinajstić information content (AvgIpc) is 2.38. The van der Waals surface area contributed by atoms with Gasteiger partial charge in [0.15, 0.2) is 0 Å². The Kier molecular flexibility index (Phi) is 3.16. The topological polar surface area (TPSA) is 53.0 Å². The molecule has 0 aliphatic carbocycles. The van der Waals surface area contributed by atoms with Crippen LogP contribution in [0.4, 0.5) is 21.5 Å². The summed E-state index contributed by atoms with van der Waals surface area (Å²) in [5.74, 6) is -0.333. The molecule has 2 aromatic carbocycles. The minimum absolute atomic E-state index is 0.333. The summed E-state index contributed by atoms with van der Waals surface area (Å²) in [7, 11) is 1.71. The number of halogens is 1. The quantitative estimate of drug-likeness (QED) is 0.822. The maximum atomic E-state index is 13.7. The normalized spacial score (nSPS) is 9.83. The maximum Gasteiger partial charge on any atom is 0.146 e. The molecule has 0 aliphatic rings. The van der Waals surface area contributed by atoms with E-state index in [0.29, 0.717) is 22.6 Å². The van der Waals surface area contributed by atoms with Gasteiger partial charge in [-0.25, -0.2) is 4.39 Å². The molecule has 0 saturated carbocycles. The van der Waals surface area contributed by atoms with Crippen LogP contribution in [0.2, 0.25) is 0 Å². The van der Waals surface area contributed by atoms with Crippen LogP contribution in [0.15, 0.2) is 42.5 Å². The van der Waals surface area contributed by atoms with Crippen molar-refractivity contribution in [2.45, 2.75) is 0 Å². The Bertz CT molecular complexity index is 617. The molecule has 0 radical (unpaired) electrons. The molecule has 0 heterocycles. The summed E-state index contributed by atoms with van der Waals surface area (Å²) < 4.78 is 13.7. The van der Waals surface area contributed by atoms with E-state index in [1.54, 1.807) is 48.3 Å². The van der Waals surface area contributed by atoms with E-state index >= 15 is 0 Å². The number of nitrogen functional groups attached to an aromatic ring is 1. The molecule has 0 aliphatic heterocycles. The average molecular weight is 241 g/mol. The molecule has 90 valence electrons. The number of hydrogen-bond donors (Lipinski definition) is 1. The van der Waals surface area contributed by atoms with Crippen molar-refractivity contribution >= 4 is 17.1 Å². The molecule has 0 fully saturated rings. The standard InChI is InChI=1S/C14H12FN3/c1-18(14-5-3-2-4-12(14)15)13-7-6-11(17)8-10(13)9-16/h2-8H,17H2,1H3. The van der Waals surface area contributed by atoms with Crippen molar-refractivity contribution in [1.82, 2.24) is 0 Å². The van der Waals surface area contributed by atoms with Crippen LogP contribution in [-0.2, 0) is 0 Å². The number of anilines is 3. The first-order valence-electron chi connectivity index (χ1n) is 5.41. The van der Waals surface area contributed by atoms with Gasteiger partial charge in [-0.3, -0.25) is 0 Å². The van der Waals surface area contributed by atoms with Crippen molar-refractivity contribution in [1.29, 1.82) is 5.26 Å². The summed E-state index contributed by atoms with van der Waals surface area (Å²) in [5.41, 5.74) is 7.59. The number of benzene rings is 2. The highest BCUT2D eigenvalue weighted by atomic mass is 19.1. The van der Waals surface area contributed by atoms with Gasteiger partial charge in [-0.1, -0.05) is 12.1 Å². The number of nitrogens with zero attached hydrogens (tertiary/aromatic N) is 2. The summed E-state index contributed by atoms with van der Waals surface area (Å²) in [6.07, 6.45) is 0. The molecule has 3 nitrogen and oxygen atoms in total. The molecule has 4 heteroatoms. The van der Waals surface area contributed by atoms with Crippen LogP contribution < -0.4 is 10.6 Å².